The van der Waals surface area contributed by atoms with Crippen LogP contribution in [0.3, 0.4) is 0 Å². The second-order valence-electron chi connectivity index (χ2n) is 7.56. The van der Waals surface area contributed by atoms with Gasteiger partial charge in [-0.15, -0.1) is 0 Å². The van der Waals surface area contributed by atoms with Crippen molar-refractivity contribution in [3.63, 3.8) is 0 Å². The number of nitrogens with one attached hydrogen (secondary N) is 1. The van der Waals surface area contributed by atoms with Crippen molar-refractivity contribution in [2.75, 3.05) is 16.3 Å². The lowest BCUT2D eigenvalue weighted by Crippen LogP contribution is -2.33. The summed E-state index contributed by atoms with van der Waals surface area (Å²) in [4.78, 5) is 35.3. The molecule has 172 valence electrons. The van der Waals surface area contributed by atoms with Crippen LogP contribution in [0.1, 0.15) is 11.1 Å². The zero-order chi connectivity index (χ0) is 24.0. The molecule has 1 saturated heterocycles. The number of fused-ring (bicyclic) bond motifs is 1. The molecular weight excluding hydrogens is 453 g/mol. The summed E-state index contributed by atoms with van der Waals surface area (Å²) in [6.45, 7) is 1.28. The highest BCUT2D eigenvalue weighted by molar-refractivity contribution is 6.27. The number of amides is 3. The Labute approximate surface area is 189 Å². The van der Waals surface area contributed by atoms with E-state index in [1.807, 2.05) is 0 Å². The summed E-state index contributed by atoms with van der Waals surface area (Å²) in [6, 6.07) is 6.54. The molecule has 1 N–H and O–H groups in total. The maximum Gasteiger partial charge on any atom is 0.417 e. The molecule has 9 nitrogen and oxygen atoms in total. The van der Waals surface area contributed by atoms with Crippen LogP contribution < -0.4 is 14.5 Å². The number of aryl methyl sites for hydroxylation is 1. The number of carbonyl (C=O) groups excluding carboxylic acids is 2. The number of pyridine rings is 2. The zero-order valence-electron chi connectivity index (χ0n) is 17.5. The Kier molecular flexibility index (Phi) is 4.92. The molecule has 4 aromatic rings. The number of aromatic amines is 1. The fraction of sp³-hybridized carbons (Fsp3) is 0.136. The number of hydrogen-bond acceptors (Lipinski definition) is 6. The van der Waals surface area contributed by atoms with E-state index in [-0.39, 0.29) is 5.69 Å². The van der Waals surface area contributed by atoms with Gasteiger partial charge in [-0.3, -0.25) is 19.8 Å². The number of nitrogens with zero attached hydrogens (tertiary/aromatic N) is 5. The number of ether oxygens (including phenoxy) is 1. The van der Waals surface area contributed by atoms with Crippen LogP contribution in [0.2, 0.25) is 0 Å². The molecule has 1 aliphatic rings. The first-order chi connectivity index (χ1) is 16.2. The second kappa shape index (κ2) is 7.83. The molecule has 1 aromatic carbocycles. The van der Waals surface area contributed by atoms with Crippen molar-refractivity contribution in [3.8, 4) is 11.5 Å². The van der Waals surface area contributed by atoms with Crippen molar-refractivity contribution in [3.05, 3.63) is 66.2 Å². The molecule has 0 unspecified atom stereocenters. The smallest absolute Gasteiger partial charge is 0.417 e. The average Bonchev–Trinajstić information content (AvgIpc) is 3.37. The summed E-state index contributed by atoms with van der Waals surface area (Å²) in [7, 11) is 0. The molecule has 0 aliphatic carbocycles. The van der Waals surface area contributed by atoms with Crippen molar-refractivity contribution in [2.24, 2.45) is 0 Å². The molecule has 12 heteroatoms. The number of rotatable bonds is 4. The molecule has 0 bridgehead atoms. The first-order valence-electron chi connectivity index (χ1n) is 9.95. The predicted molar refractivity (Wildman–Crippen MR) is 115 cm³/mol. The number of imide groups is 1. The Balaban J connectivity index is 1.39. The van der Waals surface area contributed by atoms with E-state index in [1.165, 1.54) is 12.3 Å². The number of aromatic nitrogens is 4. The lowest BCUT2D eigenvalue weighted by molar-refractivity contribution is -0.137. The van der Waals surface area contributed by atoms with Gasteiger partial charge in [0.25, 0.3) is 5.91 Å². The third-order valence-electron chi connectivity index (χ3n) is 5.24. The first-order valence-corrected chi connectivity index (χ1v) is 9.95. The molecule has 0 atom stereocenters. The molecule has 3 amide bonds. The fourth-order valence-corrected chi connectivity index (χ4v) is 3.62. The minimum Gasteiger partial charge on any atom is -0.456 e. The molecule has 34 heavy (non-hydrogen) atoms. The van der Waals surface area contributed by atoms with Crippen LogP contribution in [0, 0.1) is 6.92 Å². The summed E-state index contributed by atoms with van der Waals surface area (Å²) in [5.74, 6) is 0.343. The maximum absolute atomic E-state index is 13.0. The van der Waals surface area contributed by atoms with E-state index in [9.17, 15) is 22.8 Å². The Morgan fingerprint density at radius 2 is 1.85 bits per heavy atom. The third-order valence-corrected chi connectivity index (χ3v) is 5.24. The highest BCUT2D eigenvalue weighted by Gasteiger charge is 2.40. The van der Waals surface area contributed by atoms with Gasteiger partial charge in [0.2, 0.25) is 0 Å². The van der Waals surface area contributed by atoms with E-state index in [0.717, 1.165) is 27.4 Å². The minimum atomic E-state index is -4.63. The first kappa shape index (κ1) is 21.4. The van der Waals surface area contributed by atoms with Gasteiger partial charge in [0.15, 0.2) is 5.65 Å². The van der Waals surface area contributed by atoms with Crippen molar-refractivity contribution in [1.82, 2.24) is 20.2 Å². The van der Waals surface area contributed by atoms with Gasteiger partial charge in [-0.2, -0.15) is 18.3 Å². The quantitative estimate of drug-likeness (QED) is 0.444. The molecule has 5 rings (SSSR count). The van der Waals surface area contributed by atoms with Gasteiger partial charge in [0, 0.05) is 11.6 Å². The van der Waals surface area contributed by atoms with Gasteiger partial charge in [0.05, 0.1) is 35.5 Å². The lowest BCUT2D eigenvalue weighted by Gasteiger charge is -2.19. The van der Waals surface area contributed by atoms with Gasteiger partial charge in [-0.1, -0.05) is 0 Å². The molecule has 4 heterocycles. The van der Waals surface area contributed by atoms with Crippen LogP contribution in [0.25, 0.3) is 11.0 Å². The monoisotopic (exact) mass is 468 g/mol. The Morgan fingerprint density at radius 3 is 2.62 bits per heavy atom. The normalized spacial score (nSPS) is 14.4. The number of alkyl halides is 3. The predicted octanol–water partition coefficient (Wildman–Crippen LogP) is 4.45. The van der Waals surface area contributed by atoms with E-state index >= 15 is 0 Å². The van der Waals surface area contributed by atoms with Crippen LogP contribution in [0.4, 0.5) is 29.3 Å². The van der Waals surface area contributed by atoms with Crippen LogP contribution in [-0.2, 0) is 11.0 Å². The van der Waals surface area contributed by atoms with Crippen molar-refractivity contribution >= 4 is 34.3 Å². The highest BCUT2D eigenvalue weighted by Crippen LogP contribution is 2.34. The fourth-order valence-electron chi connectivity index (χ4n) is 3.62. The third kappa shape index (κ3) is 3.78. The van der Waals surface area contributed by atoms with Gasteiger partial charge in [0.1, 0.15) is 18.0 Å². The topological polar surface area (TPSA) is 104 Å². The van der Waals surface area contributed by atoms with Gasteiger partial charge < -0.3 is 4.74 Å². The molecule has 3 aromatic heterocycles. The number of H-pyrrole nitrogens is 1. The summed E-state index contributed by atoms with van der Waals surface area (Å²) in [5.41, 5.74) is 0.346. The second-order valence-corrected chi connectivity index (χ2v) is 7.56. The van der Waals surface area contributed by atoms with Crippen LogP contribution >= 0.6 is 0 Å². The molecule has 0 radical (unpaired) electrons. The number of carbonyl (C=O) groups is 2. The summed E-state index contributed by atoms with van der Waals surface area (Å²) >= 11 is 0. The Hall–Kier alpha value is -4.48. The molecular formula is C22H15F3N6O3. The standard InChI is InChI=1S/C22H15F3N6O3/c1-12-4-16(34-17-5-13-7-28-29-20(13)27-10-17)2-3-18(12)31-19(32)11-30(21(31)33)15-6-14(8-26-9-15)22(23,24)25/h2-10H,11H2,1H3,(H,27,28,29). The van der Waals surface area contributed by atoms with Crippen LogP contribution in [0.5, 0.6) is 11.5 Å². The number of benzene rings is 1. The van der Waals surface area contributed by atoms with Crippen LogP contribution in [-0.4, -0.2) is 38.6 Å². The van der Waals surface area contributed by atoms with E-state index in [2.05, 4.69) is 20.2 Å². The van der Waals surface area contributed by atoms with Crippen molar-refractivity contribution in [2.45, 2.75) is 13.1 Å². The SMILES string of the molecule is Cc1cc(Oc2cnc3[nH]ncc3c2)ccc1N1C(=O)CN(c2cncc(C(F)(F)F)c2)C1=O. The maximum atomic E-state index is 13.0. The van der Waals surface area contributed by atoms with Crippen molar-refractivity contribution < 1.29 is 27.5 Å². The molecule has 0 spiro atoms. The molecule has 1 aliphatic heterocycles. The van der Waals surface area contributed by atoms with E-state index in [0.29, 0.717) is 34.6 Å². The van der Waals surface area contributed by atoms with E-state index in [4.69, 9.17) is 4.74 Å². The average molecular weight is 468 g/mol. The molecule has 1 fully saturated rings. The number of urea groups is 1. The van der Waals surface area contributed by atoms with E-state index in [1.54, 1.807) is 31.3 Å². The number of anilines is 2. The summed E-state index contributed by atoms with van der Waals surface area (Å²) in [6.07, 6.45) is 0.280. The summed E-state index contributed by atoms with van der Waals surface area (Å²) < 4.78 is 44.9. The van der Waals surface area contributed by atoms with Crippen LogP contribution in [0.15, 0.2) is 55.1 Å². The Morgan fingerprint density at radius 1 is 1.03 bits per heavy atom. The largest absolute Gasteiger partial charge is 0.456 e. The van der Waals surface area contributed by atoms with Crippen molar-refractivity contribution in [1.29, 1.82) is 0 Å². The zero-order valence-corrected chi connectivity index (χ0v) is 17.5. The van der Waals surface area contributed by atoms with E-state index < -0.39 is 30.2 Å². The van der Waals surface area contributed by atoms with Gasteiger partial charge >= 0.3 is 12.2 Å². The summed E-state index contributed by atoms with van der Waals surface area (Å²) in [5, 5.41) is 7.41. The Bertz CT molecular complexity index is 1430. The highest BCUT2D eigenvalue weighted by atomic mass is 19.4. The number of halogens is 3. The van der Waals surface area contributed by atoms with Gasteiger partial charge in [-0.25, -0.2) is 14.7 Å². The van der Waals surface area contributed by atoms with Gasteiger partial charge in [-0.05, 0) is 42.8 Å². The minimum absolute atomic E-state index is 0.115. The number of hydrogen-bond donors (Lipinski definition) is 1. The lowest BCUT2D eigenvalue weighted by atomic mass is 10.1. The molecule has 0 saturated carbocycles.